The van der Waals surface area contributed by atoms with Crippen LogP contribution in [0.25, 0.3) is 5.65 Å². The lowest BCUT2D eigenvalue weighted by Gasteiger charge is -2.16. The molecule has 1 atom stereocenters. The molecule has 0 aliphatic carbocycles. The molecule has 0 bridgehead atoms. The van der Waals surface area contributed by atoms with E-state index in [0.29, 0.717) is 5.65 Å². The van der Waals surface area contributed by atoms with Crippen molar-refractivity contribution in [2.75, 3.05) is 0 Å². The van der Waals surface area contributed by atoms with Gasteiger partial charge >= 0.3 is 6.18 Å². The van der Waals surface area contributed by atoms with Gasteiger partial charge in [0.05, 0.1) is 0 Å². The molecule has 2 aromatic rings. The Kier molecular flexibility index (Phi) is 3.47. The maximum Gasteiger partial charge on any atom is 0.408 e. The number of hydrogen-bond acceptors (Lipinski definition) is 3. The maximum atomic E-state index is 12.4. The van der Waals surface area contributed by atoms with Crippen LogP contribution in [0.4, 0.5) is 13.2 Å². The van der Waals surface area contributed by atoms with Gasteiger partial charge in [0.25, 0.3) is 11.5 Å². The van der Waals surface area contributed by atoms with Crippen LogP contribution in [-0.4, -0.2) is 27.5 Å². The first-order valence-corrected chi connectivity index (χ1v) is 5.64. The summed E-state index contributed by atoms with van der Waals surface area (Å²) in [4.78, 5) is 27.5. The number of nitrogens with zero attached hydrogens (tertiary/aromatic N) is 2. The van der Waals surface area contributed by atoms with Crippen LogP contribution in [0.2, 0.25) is 0 Å². The molecular formula is C12H10F3N3O2. The molecule has 2 rings (SSSR count). The van der Waals surface area contributed by atoms with Crippen molar-refractivity contribution in [3.8, 4) is 0 Å². The summed E-state index contributed by atoms with van der Waals surface area (Å²) < 4.78 is 38.2. The first-order valence-electron chi connectivity index (χ1n) is 5.64. The number of aromatic nitrogens is 2. The average Bonchev–Trinajstić information content (AvgIpc) is 2.38. The van der Waals surface area contributed by atoms with E-state index in [0.717, 1.165) is 17.5 Å². The Hall–Kier alpha value is -2.38. The Balaban J connectivity index is 2.36. The number of hydrogen-bond donors (Lipinski definition) is 1. The highest BCUT2D eigenvalue weighted by molar-refractivity contribution is 5.93. The van der Waals surface area contributed by atoms with E-state index in [2.05, 4.69) is 4.98 Å². The summed E-state index contributed by atoms with van der Waals surface area (Å²) in [6.07, 6.45) is -2.22. The molecule has 2 aromatic heterocycles. The topological polar surface area (TPSA) is 63.5 Å². The van der Waals surface area contributed by atoms with Crippen LogP contribution in [0.3, 0.4) is 0 Å². The lowest BCUT2D eigenvalue weighted by Crippen LogP contribution is -2.44. The zero-order chi connectivity index (χ0) is 14.9. The number of carbonyl (C=O) groups is 1. The second-order valence-electron chi connectivity index (χ2n) is 4.14. The molecule has 0 aromatic carbocycles. The van der Waals surface area contributed by atoms with Crippen molar-refractivity contribution in [3.63, 3.8) is 0 Å². The summed E-state index contributed by atoms with van der Waals surface area (Å²) in [5, 5.41) is 1.72. The third-order valence-electron chi connectivity index (χ3n) is 2.70. The monoisotopic (exact) mass is 285 g/mol. The van der Waals surface area contributed by atoms with E-state index in [1.165, 1.54) is 6.20 Å². The minimum atomic E-state index is -4.57. The van der Waals surface area contributed by atoms with Crippen molar-refractivity contribution >= 4 is 11.6 Å². The van der Waals surface area contributed by atoms with E-state index in [1.807, 2.05) is 0 Å². The highest BCUT2D eigenvalue weighted by Crippen LogP contribution is 2.19. The summed E-state index contributed by atoms with van der Waals surface area (Å²) in [6, 6.07) is 2.69. The molecule has 0 spiro atoms. The summed E-state index contributed by atoms with van der Waals surface area (Å²) >= 11 is 0. The highest BCUT2D eigenvalue weighted by atomic mass is 19.4. The van der Waals surface area contributed by atoms with Gasteiger partial charge in [-0.3, -0.25) is 14.0 Å². The van der Waals surface area contributed by atoms with Crippen LogP contribution in [0.15, 0.2) is 35.4 Å². The molecule has 0 aliphatic heterocycles. The van der Waals surface area contributed by atoms with Gasteiger partial charge in [-0.25, -0.2) is 4.98 Å². The van der Waals surface area contributed by atoms with E-state index < -0.39 is 29.2 Å². The van der Waals surface area contributed by atoms with Gasteiger partial charge in [0.2, 0.25) is 0 Å². The summed E-state index contributed by atoms with van der Waals surface area (Å²) in [5.74, 6) is -1.11. The van der Waals surface area contributed by atoms with Crippen LogP contribution in [-0.2, 0) is 0 Å². The van der Waals surface area contributed by atoms with E-state index in [9.17, 15) is 22.8 Å². The summed E-state index contributed by atoms with van der Waals surface area (Å²) in [5.41, 5.74) is -0.856. The SMILES string of the molecule is CC(NC(=O)c1cnc2ccccn2c1=O)C(F)(F)F. The number of alkyl halides is 3. The molecule has 8 heteroatoms. The van der Waals surface area contributed by atoms with Gasteiger partial charge in [0.1, 0.15) is 17.3 Å². The number of halogens is 3. The van der Waals surface area contributed by atoms with Gasteiger partial charge in [-0.05, 0) is 19.1 Å². The van der Waals surface area contributed by atoms with Crippen LogP contribution in [0.1, 0.15) is 17.3 Å². The molecule has 106 valence electrons. The Bertz CT molecular complexity index is 709. The lowest BCUT2D eigenvalue weighted by atomic mass is 10.2. The molecule has 1 unspecified atom stereocenters. The average molecular weight is 285 g/mol. The molecule has 0 aliphatic rings. The summed E-state index contributed by atoms with van der Waals surface area (Å²) in [6.45, 7) is 0.796. The molecule has 1 amide bonds. The van der Waals surface area contributed by atoms with Crippen molar-refractivity contribution in [3.05, 3.63) is 46.5 Å². The number of carbonyl (C=O) groups excluding carboxylic acids is 1. The molecule has 0 fully saturated rings. The van der Waals surface area contributed by atoms with Crippen molar-refractivity contribution < 1.29 is 18.0 Å². The van der Waals surface area contributed by atoms with E-state index in [1.54, 1.807) is 23.5 Å². The van der Waals surface area contributed by atoms with Crippen molar-refractivity contribution in [2.24, 2.45) is 0 Å². The number of amides is 1. The second-order valence-corrected chi connectivity index (χ2v) is 4.14. The van der Waals surface area contributed by atoms with Crippen LogP contribution in [0, 0.1) is 0 Å². The Morgan fingerprint density at radius 3 is 2.75 bits per heavy atom. The van der Waals surface area contributed by atoms with Gasteiger partial charge in [0.15, 0.2) is 0 Å². The Labute approximate surface area is 111 Å². The van der Waals surface area contributed by atoms with Crippen molar-refractivity contribution in [1.29, 1.82) is 0 Å². The van der Waals surface area contributed by atoms with Crippen LogP contribution < -0.4 is 10.9 Å². The first-order chi connectivity index (χ1) is 9.30. The number of rotatable bonds is 2. The van der Waals surface area contributed by atoms with Gasteiger partial charge < -0.3 is 5.32 Å². The zero-order valence-electron chi connectivity index (χ0n) is 10.3. The number of nitrogens with one attached hydrogen (secondary N) is 1. The molecule has 5 nitrogen and oxygen atoms in total. The predicted octanol–water partition coefficient (Wildman–Crippen LogP) is 1.38. The third kappa shape index (κ3) is 2.63. The largest absolute Gasteiger partial charge is 0.408 e. The van der Waals surface area contributed by atoms with Crippen molar-refractivity contribution in [1.82, 2.24) is 14.7 Å². The third-order valence-corrected chi connectivity index (χ3v) is 2.70. The van der Waals surface area contributed by atoms with E-state index in [-0.39, 0.29) is 0 Å². The maximum absolute atomic E-state index is 12.4. The number of pyridine rings is 1. The van der Waals surface area contributed by atoms with Gasteiger partial charge in [-0.2, -0.15) is 13.2 Å². The Morgan fingerprint density at radius 1 is 1.40 bits per heavy atom. The molecule has 2 heterocycles. The smallest absolute Gasteiger partial charge is 0.340 e. The van der Waals surface area contributed by atoms with E-state index in [4.69, 9.17) is 0 Å². The molecule has 0 saturated heterocycles. The summed E-state index contributed by atoms with van der Waals surface area (Å²) in [7, 11) is 0. The van der Waals surface area contributed by atoms with Gasteiger partial charge in [0, 0.05) is 12.4 Å². The zero-order valence-corrected chi connectivity index (χ0v) is 10.3. The molecule has 20 heavy (non-hydrogen) atoms. The van der Waals surface area contributed by atoms with Crippen molar-refractivity contribution in [2.45, 2.75) is 19.1 Å². The van der Waals surface area contributed by atoms with Crippen LogP contribution in [0.5, 0.6) is 0 Å². The first kappa shape index (κ1) is 14.0. The van der Waals surface area contributed by atoms with Gasteiger partial charge in [-0.15, -0.1) is 0 Å². The fraction of sp³-hybridized carbons (Fsp3) is 0.250. The minimum absolute atomic E-state index is 0.304. The van der Waals surface area contributed by atoms with Gasteiger partial charge in [-0.1, -0.05) is 6.07 Å². The highest BCUT2D eigenvalue weighted by Gasteiger charge is 2.37. The fourth-order valence-corrected chi connectivity index (χ4v) is 1.54. The molecular weight excluding hydrogens is 275 g/mol. The quantitative estimate of drug-likeness (QED) is 0.906. The van der Waals surface area contributed by atoms with E-state index >= 15 is 0 Å². The molecule has 1 N–H and O–H groups in total. The standard InChI is InChI=1S/C12H10F3N3O2/c1-7(12(13,14)15)17-10(19)8-6-16-9-4-2-3-5-18(9)11(8)20/h2-7H,1H3,(H,17,19). The predicted molar refractivity (Wildman–Crippen MR) is 64.4 cm³/mol. The fourth-order valence-electron chi connectivity index (χ4n) is 1.54. The normalized spacial score (nSPS) is 13.2. The molecule has 0 radical (unpaired) electrons. The number of fused-ring (bicyclic) bond motifs is 1. The lowest BCUT2D eigenvalue weighted by molar-refractivity contribution is -0.149. The Morgan fingerprint density at radius 2 is 2.10 bits per heavy atom. The van der Waals surface area contributed by atoms with Crippen LogP contribution >= 0.6 is 0 Å². The molecule has 0 saturated carbocycles. The minimum Gasteiger partial charge on any atom is -0.340 e. The second kappa shape index (κ2) is 4.95.